The standard InChI is InChI=1S/C15H16N2O2S/c1-10(16-12-7-8-19-15(12)18)14-17-13(9-20-14)11-5-3-2-4-6-11/h2-6,9-10,12,16H,7-8H2,1H3/t10-,12-/m0/s1. The number of benzene rings is 1. The van der Waals surface area contributed by atoms with E-state index in [1.807, 2.05) is 37.3 Å². The molecule has 1 aromatic heterocycles. The maximum absolute atomic E-state index is 11.5. The predicted molar refractivity (Wildman–Crippen MR) is 78.5 cm³/mol. The van der Waals surface area contributed by atoms with Crippen LogP contribution in [0.1, 0.15) is 24.4 Å². The van der Waals surface area contributed by atoms with Crippen molar-refractivity contribution in [2.45, 2.75) is 25.4 Å². The Hall–Kier alpha value is -1.72. The first-order chi connectivity index (χ1) is 9.74. The lowest BCUT2D eigenvalue weighted by molar-refractivity contribution is -0.139. The average molecular weight is 288 g/mol. The van der Waals surface area contributed by atoms with Crippen LogP contribution in [-0.2, 0) is 9.53 Å². The minimum absolute atomic E-state index is 0.0492. The van der Waals surface area contributed by atoms with Crippen molar-refractivity contribution in [2.24, 2.45) is 0 Å². The number of nitrogens with one attached hydrogen (secondary N) is 1. The van der Waals surface area contributed by atoms with Crippen LogP contribution >= 0.6 is 11.3 Å². The molecule has 2 heterocycles. The van der Waals surface area contributed by atoms with Crippen LogP contribution in [0.3, 0.4) is 0 Å². The summed E-state index contributed by atoms with van der Waals surface area (Å²) in [6, 6.07) is 9.94. The third kappa shape index (κ3) is 2.73. The maximum atomic E-state index is 11.5. The van der Waals surface area contributed by atoms with Crippen molar-refractivity contribution >= 4 is 17.3 Å². The fraction of sp³-hybridized carbons (Fsp3) is 0.333. The summed E-state index contributed by atoms with van der Waals surface area (Å²) in [6.07, 6.45) is 0.736. The van der Waals surface area contributed by atoms with Crippen LogP contribution < -0.4 is 5.32 Å². The summed E-state index contributed by atoms with van der Waals surface area (Å²) in [5.74, 6) is -0.156. The van der Waals surface area contributed by atoms with Crippen molar-refractivity contribution in [3.05, 3.63) is 40.7 Å². The molecule has 0 spiro atoms. The van der Waals surface area contributed by atoms with E-state index in [1.54, 1.807) is 11.3 Å². The minimum atomic E-state index is -0.200. The SMILES string of the molecule is C[C@H](N[C@H]1CCOC1=O)c1nc(-c2ccccc2)cs1. The van der Waals surface area contributed by atoms with Crippen molar-refractivity contribution < 1.29 is 9.53 Å². The van der Waals surface area contributed by atoms with Gasteiger partial charge in [-0.3, -0.25) is 10.1 Å². The average Bonchev–Trinajstić information content (AvgIpc) is 3.10. The molecule has 2 atom stereocenters. The Labute approximate surface area is 121 Å². The molecule has 1 fully saturated rings. The summed E-state index contributed by atoms with van der Waals surface area (Å²) >= 11 is 1.61. The molecule has 5 heteroatoms. The van der Waals surface area contributed by atoms with E-state index in [0.29, 0.717) is 6.61 Å². The lowest BCUT2D eigenvalue weighted by atomic mass is 10.2. The van der Waals surface area contributed by atoms with E-state index < -0.39 is 0 Å². The molecule has 4 nitrogen and oxygen atoms in total. The van der Waals surface area contributed by atoms with Crippen molar-refractivity contribution in [3.63, 3.8) is 0 Å². The molecule has 0 bridgehead atoms. The monoisotopic (exact) mass is 288 g/mol. The van der Waals surface area contributed by atoms with Gasteiger partial charge in [0.15, 0.2) is 0 Å². The molecule has 1 N–H and O–H groups in total. The van der Waals surface area contributed by atoms with E-state index >= 15 is 0 Å². The van der Waals surface area contributed by atoms with Gasteiger partial charge in [0.05, 0.1) is 18.3 Å². The van der Waals surface area contributed by atoms with E-state index in [4.69, 9.17) is 4.74 Å². The van der Waals surface area contributed by atoms with Gasteiger partial charge in [0, 0.05) is 17.4 Å². The molecule has 20 heavy (non-hydrogen) atoms. The molecule has 1 aliphatic heterocycles. The van der Waals surface area contributed by atoms with Gasteiger partial charge in [0.2, 0.25) is 0 Å². The highest BCUT2D eigenvalue weighted by Crippen LogP contribution is 2.26. The molecule has 0 unspecified atom stereocenters. The number of cyclic esters (lactones) is 1. The first-order valence-corrected chi connectivity index (χ1v) is 7.55. The molecule has 1 aromatic carbocycles. The van der Waals surface area contributed by atoms with Crippen LogP contribution in [0.4, 0.5) is 0 Å². The predicted octanol–water partition coefficient (Wildman–Crippen LogP) is 2.78. The van der Waals surface area contributed by atoms with E-state index in [0.717, 1.165) is 22.7 Å². The number of nitrogens with zero attached hydrogens (tertiary/aromatic N) is 1. The Balaban J connectivity index is 1.71. The van der Waals surface area contributed by atoms with Crippen LogP contribution in [-0.4, -0.2) is 23.6 Å². The van der Waals surface area contributed by atoms with Gasteiger partial charge in [-0.1, -0.05) is 30.3 Å². The molecule has 104 valence electrons. The number of hydrogen-bond donors (Lipinski definition) is 1. The van der Waals surface area contributed by atoms with E-state index in [-0.39, 0.29) is 18.1 Å². The van der Waals surface area contributed by atoms with E-state index in [9.17, 15) is 4.79 Å². The van der Waals surface area contributed by atoms with Gasteiger partial charge < -0.3 is 4.74 Å². The Kier molecular flexibility index (Phi) is 3.80. The second-order valence-electron chi connectivity index (χ2n) is 4.83. The van der Waals surface area contributed by atoms with E-state index in [2.05, 4.69) is 15.7 Å². The zero-order chi connectivity index (χ0) is 13.9. The van der Waals surface area contributed by atoms with Crippen molar-refractivity contribution in [2.75, 3.05) is 6.61 Å². The summed E-state index contributed by atoms with van der Waals surface area (Å²) in [5, 5.41) is 6.32. The summed E-state index contributed by atoms with van der Waals surface area (Å²) in [5.41, 5.74) is 2.09. The number of aromatic nitrogens is 1. The summed E-state index contributed by atoms with van der Waals surface area (Å²) < 4.78 is 4.96. The first-order valence-electron chi connectivity index (χ1n) is 6.67. The minimum Gasteiger partial charge on any atom is -0.464 e. The van der Waals surface area contributed by atoms with Crippen molar-refractivity contribution in [1.82, 2.24) is 10.3 Å². The second kappa shape index (κ2) is 5.73. The van der Waals surface area contributed by atoms with Gasteiger partial charge in [-0.15, -0.1) is 11.3 Å². The first kappa shape index (κ1) is 13.3. The third-order valence-corrected chi connectivity index (χ3v) is 4.38. The Morgan fingerprint density at radius 2 is 2.20 bits per heavy atom. The lowest BCUT2D eigenvalue weighted by Crippen LogP contribution is -2.34. The van der Waals surface area contributed by atoms with Gasteiger partial charge >= 0.3 is 5.97 Å². The molecule has 0 radical (unpaired) electrons. The summed E-state index contributed by atoms with van der Waals surface area (Å²) in [6.45, 7) is 2.54. The second-order valence-corrected chi connectivity index (χ2v) is 5.72. The Morgan fingerprint density at radius 1 is 1.40 bits per heavy atom. The molecule has 1 aliphatic rings. The van der Waals surface area contributed by atoms with Crippen molar-refractivity contribution in [1.29, 1.82) is 0 Å². The van der Waals surface area contributed by atoms with Crippen molar-refractivity contribution in [3.8, 4) is 11.3 Å². The normalized spacial score (nSPS) is 19.9. The number of carbonyl (C=O) groups excluding carboxylic acids is 1. The zero-order valence-corrected chi connectivity index (χ0v) is 12.0. The van der Waals surface area contributed by atoms with Crippen LogP contribution in [0, 0.1) is 0 Å². The highest BCUT2D eigenvalue weighted by molar-refractivity contribution is 7.10. The lowest BCUT2D eigenvalue weighted by Gasteiger charge is -2.14. The number of thiazole rings is 1. The molecule has 1 saturated heterocycles. The van der Waals surface area contributed by atoms with Crippen LogP contribution in [0.25, 0.3) is 11.3 Å². The number of ether oxygens (including phenoxy) is 1. The highest BCUT2D eigenvalue weighted by Gasteiger charge is 2.28. The third-order valence-electron chi connectivity index (χ3n) is 3.35. The number of rotatable bonds is 4. The van der Waals surface area contributed by atoms with Gasteiger partial charge in [-0.25, -0.2) is 4.98 Å². The summed E-state index contributed by atoms with van der Waals surface area (Å²) in [7, 11) is 0. The van der Waals surface area contributed by atoms with Crippen LogP contribution in [0.2, 0.25) is 0 Å². The molecule has 0 saturated carbocycles. The number of hydrogen-bond acceptors (Lipinski definition) is 5. The Morgan fingerprint density at radius 3 is 2.90 bits per heavy atom. The Bertz CT molecular complexity index is 597. The molecule has 0 amide bonds. The molecule has 2 aromatic rings. The highest BCUT2D eigenvalue weighted by atomic mass is 32.1. The number of esters is 1. The topological polar surface area (TPSA) is 51.2 Å². The van der Waals surface area contributed by atoms with Gasteiger partial charge in [-0.2, -0.15) is 0 Å². The number of carbonyl (C=O) groups is 1. The summed E-state index contributed by atoms with van der Waals surface area (Å²) in [4.78, 5) is 16.1. The zero-order valence-electron chi connectivity index (χ0n) is 11.2. The quantitative estimate of drug-likeness (QED) is 0.879. The van der Waals surface area contributed by atoms with Gasteiger partial charge in [0.25, 0.3) is 0 Å². The fourth-order valence-electron chi connectivity index (χ4n) is 2.25. The maximum Gasteiger partial charge on any atom is 0.323 e. The van der Waals surface area contributed by atoms with Crippen LogP contribution in [0.5, 0.6) is 0 Å². The largest absolute Gasteiger partial charge is 0.464 e. The van der Waals surface area contributed by atoms with E-state index in [1.165, 1.54) is 0 Å². The smallest absolute Gasteiger partial charge is 0.323 e. The molecule has 3 rings (SSSR count). The molecular formula is C15H16N2O2S. The van der Waals surface area contributed by atoms with Gasteiger partial charge in [0.1, 0.15) is 11.0 Å². The van der Waals surface area contributed by atoms with Crippen LogP contribution in [0.15, 0.2) is 35.7 Å². The van der Waals surface area contributed by atoms with Gasteiger partial charge in [-0.05, 0) is 6.92 Å². The molecular weight excluding hydrogens is 272 g/mol. The molecule has 0 aliphatic carbocycles. The fourth-order valence-corrected chi connectivity index (χ4v) is 3.09.